The largest absolute Gasteiger partial charge is 0.492 e. The lowest BCUT2D eigenvalue weighted by Crippen LogP contribution is -2.20. The van der Waals surface area contributed by atoms with Crippen LogP contribution in [0.3, 0.4) is 0 Å². The van der Waals surface area contributed by atoms with Gasteiger partial charge in [-0.1, -0.05) is 11.6 Å². The molecule has 0 saturated heterocycles. The normalized spacial score (nSPS) is 20.7. The van der Waals surface area contributed by atoms with Gasteiger partial charge in [0.15, 0.2) is 0 Å². The summed E-state index contributed by atoms with van der Waals surface area (Å²) in [6.45, 7) is 0.675. The summed E-state index contributed by atoms with van der Waals surface area (Å²) in [6, 6.07) is 3.72. The zero-order valence-corrected chi connectivity index (χ0v) is 9.23. The first-order valence-corrected chi connectivity index (χ1v) is 5.23. The minimum atomic E-state index is 0.0405. The van der Waals surface area contributed by atoms with E-state index in [9.17, 15) is 0 Å². The molecule has 1 atom stereocenters. The topological polar surface area (TPSA) is 35.2 Å². The number of halogens is 2. The van der Waals surface area contributed by atoms with E-state index in [0.717, 1.165) is 22.2 Å². The number of rotatable bonds is 0. The van der Waals surface area contributed by atoms with Crippen LogP contribution < -0.4 is 10.5 Å². The zero-order valence-electron chi connectivity index (χ0n) is 6.89. The maximum atomic E-state index is 5.92. The number of benzene rings is 1. The van der Waals surface area contributed by atoms with Crippen molar-refractivity contribution in [1.82, 2.24) is 0 Å². The van der Waals surface area contributed by atoms with E-state index in [2.05, 4.69) is 15.9 Å². The van der Waals surface area contributed by atoms with E-state index in [4.69, 9.17) is 22.1 Å². The Morgan fingerprint density at radius 1 is 1.54 bits per heavy atom. The van der Waals surface area contributed by atoms with Gasteiger partial charge in [0.1, 0.15) is 5.75 Å². The molecule has 0 spiro atoms. The third kappa shape index (κ3) is 1.68. The van der Waals surface area contributed by atoms with Crippen LogP contribution in [0.1, 0.15) is 18.0 Å². The van der Waals surface area contributed by atoms with Crippen molar-refractivity contribution in [2.24, 2.45) is 5.73 Å². The van der Waals surface area contributed by atoms with Crippen LogP contribution in [0.25, 0.3) is 0 Å². The molecule has 1 heterocycles. The molecule has 0 unspecified atom stereocenters. The molecule has 2 nitrogen and oxygen atoms in total. The SMILES string of the molecule is N[C@@H]1CCOc2c(Br)cc(Cl)cc21. The summed E-state index contributed by atoms with van der Waals surface area (Å²) in [5, 5.41) is 0.687. The maximum absolute atomic E-state index is 5.92. The average Bonchev–Trinajstić information content (AvgIpc) is 2.07. The van der Waals surface area contributed by atoms with Gasteiger partial charge in [-0.15, -0.1) is 0 Å². The van der Waals surface area contributed by atoms with E-state index in [-0.39, 0.29) is 6.04 Å². The highest BCUT2D eigenvalue weighted by Gasteiger charge is 2.20. The lowest BCUT2D eigenvalue weighted by atomic mass is 10.0. The predicted octanol–water partition coefficient (Wildman–Crippen LogP) is 2.88. The van der Waals surface area contributed by atoms with Crippen LogP contribution in [0, 0.1) is 0 Å². The number of hydrogen-bond donors (Lipinski definition) is 1. The van der Waals surface area contributed by atoms with Crippen LogP contribution in [-0.4, -0.2) is 6.61 Å². The third-order valence-electron chi connectivity index (χ3n) is 2.11. The summed E-state index contributed by atoms with van der Waals surface area (Å²) in [7, 11) is 0. The fourth-order valence-electron chi connectivity index (χ4n) is 1.45. The molecule has 2 rings (SSSR count). The molecule has 1 aliphatic heterocycles. The van der Waals surface area contributed by atoms with Gasteiger partial charge in [-0.05, 0) is 28.1 Å². The summed E-state index contributed by atoms with van der Waals surface area (Å²) in [5.41, 5.74) is 6.92. The van der Waals surface area contributed by atoms with Crippen molar-refractivity contribution in [2.75, 3.05) is 6.61 Å². The van der Waals surface area contributed by atoms with Crippen molar-refractivity contribution in [3.8, 4) is 5.75 Å². The number of nitrogens with two attached hydrogens (primary N) is 1. The Balaban J connectivity index is 2.56. The lowest BCUT2D eigenvalue weighted by Gasteiger charge is -2.24. The van der Waals surface area contributed by atoms with E-state index in [1.165, 1.54) is 0 Å². The minimum Gasteiger partial charge on any atom is -0.492 e. The van der Waals surface area contributed by atoms with Gasteiger partial charge < -0.3 is 10.5 Å². The molecule has 1 aromatic rings. The second kappa shape index (κ2) is 3.48. The van der Waals surface area contributed by atoms with Crippen LogP contribution in [0.5, 0.6) is 5.75 Å². The molecular weight excluding hydrogens is 253 g/mol. The van der Waals surface area contributed by atoms with Crippen LogP contribution >= 0.6 is 27.5 Å². The molecule has 4 heteroatoms. The number of fused-ring (bicyclic) bond motifs is 1. The predicted molar refractivity (Wildman–Crippen MR) is 56.2 cm³/mol. The monoisotopic (exact) mass is 261 g/mol. The van der Waals surface area contributed by atoms with E-state index >= 15 is 0 Å². The molecule has 0 radical (unpaired) electrons. The molecule has 0 amide bonds. The quantitative estimate of drug-likeness (QED) is 0.780. The number of hydrogen-bond acceptors (Lipinski definition) is 2. The summed E-state index contributed by atoms with van der Waals surface area (Å²) >= 11 is 9.30. The second-order valence-electron chi connectivity index (χ2n) is 3.05. The van der Waals surface area contributed by atoms with Gasteiger partial charge in [0.25, 0.3) is 0 Å². The molecule has 1 aliphatic rings. The molecule has 2 N–H and O–H groups in total. The highest BCUT2D eigenvalue weighted by molar-refractivity contribution is 9.10. The van der Waals surface area contributed by atoms with Gasteiger partial charge in [0, 0.05) is 23.0 Å². The second-order valence-corrected chi connectivity index (χ2v) is 4.34. The van der Waals surface area contributed by atoms with Gasteiger partial charge in [-0.25, -0.2) is 0 Å². The van der Waals surface area contributed by atoms with Gasteiger partial charge in [-0.3, -0.25) is 0 Å². The summed E-state index contributed by atoms with van der Waals surface area (Å²) in [4.78, 5) is 0. The highest BCUT2D eigenvalue weighted by atomic mass is 79.9. The highest BCUT2D eigenvalue weighted by Crippen LogP contribution is 2.38. The first-order valence-electron chi connectivity index (χ1n) is 4.06. The first kappa shape index (κ1) is 9.31. The fourth-order valence-corrected chi connectivity index (χ4v) is 2.40. The number of ether oxygens (including phenoxy) is 1. The van der Waals surface area contributed by atoms with E-state index < -0.39 is 0 Å². The maximum Gasteiger partial charge on any atom is 0.138 e. The Labute approximate surface area is 90.1 Å². The van der Waals surface area contributed by atoms with Crippen molar-refractivity contribution in [3.63, 3.8) is 0 Å². The van der Waals surface area contributed by atoms with Gasteiger partial charge in [0.05, 0.1) is 11.1 Å². The Morgan fingerprint density at radius 2 is 2.31 bits per heavy atom. The van der Waals surface area contributed by atoms with Crippen molar-refractivity contribution >= 4 is 27.5 Å². The molecule has 1 aromatic carbocycles. The van der Waals surface area contributed by atoms with Gasteiger partial charge in [-0.2, -0.15) is 0 Å². The Bertz CT molecular complexity index is 343. The van der Waals surface area contributed by atoms with E-state index in [1.807, 2.05) is 12.1 Å². The van der Waals surface area contributed by atoms with Crippen molar-refractivity contribution in [2.45, 2.75) is 12.5 Å². The molecule has 0 aromatic heterocycles. The van der Waals surface area contributed by atoms with Crippen LogP contribution in [0.2, 0.25) is 5.02 Å². The molecule has 70 valence electrons. The molecule has 0 bridgehead atoms. The summed E-state index contributed by atoms with van der Waals surface area (Å²) < 4.78 is 6.37. The smallest absolute Gasteiger partial charge is 0.138 e. The van der Waals surface area contributed by atoms with Crippen LogP contribution in [0.15, 0.2) is 16.6 Å². The fraction of sp³-hybridized carbons (Fsp3) is 0.333. The summed E-state index contributed by atoms with van der Waals surface area (Å²) in [6.07, 6.45) is 0.847. The molecule has 13 heavy (non-hydrogen) atoms. The van der Waals surface area contributed by atoms with E-state index in [1.54, 1.807) is 0 Å². The Hall–Kier alpha value is -0.250. The minimum absolute atomic E-state index is 0.0405. The van der Waals surface area contributed by atoms with Crippen molar-refractivity contribution in [1.29, 1.82) is 0 Å². The van der Waals surface area contributed by atoms with Crippen LogP contribution in [0.4, 0.5) is 0 Å². The summed E-state index contributed by atoms with van der Waals surface area (Å²) in [5.74, 6) is 0.836. The standard InChI is InChI=1S/C9H9BrClNO/c10-7-4-5(11)3-6-8(12)1-2-13-9(6)7/h3-4,8H,1-2,12H2/t8-/m1/s1. The molecule has 0 aliphatic carbocycles. The molecule has 0 saturated carbocycles. The third-order valence-corrected chi connectivity index (χ3v) is 2.92. The zero-order chi connectivity index (χ0) is 9.42. The van der Waals surface area contributed by atoms with Crippen LogP contribution in [-0.2, 0) is 0 Å². The Kier molecular flexibility index (Phi) is 2.49. The van der Waals surface area contributed by atoms with Crippen molar-refractivity contribution in [3.05, 3.63) is 27.2 Å². The first-order chi connectivity index (χ1) is 6.18. The lowest BCUT2D eigenvalue weighted by molar-refractivity contribution is 0.267. The molecular formula is C9H9BrClNO. The van der Waals surface area contributed by atoms with E-state index in [0.29, 0.717) is 11.6 Å². The van der Waals surface area contributed by atoms with Gasteiger partial charge in [0.2, 0.25) is 0 Å². The van der Waals surface area contributed by atoms with Crippen molar-refractivity contribution < 1.29 is 4.74 Å². The van der Waals surface area contributed by atoms with Gasteiger partial charge >= 0.3 is 0 Å². The Morgan fingerprint density at radius 3 is 3.08 bits per heavy atom. The average molecular weight is 263 g/mol. The molecule has 0 fully saturated rings.